The van der Waals surface area contributed by atoms with E-state index in [1.807, 2.05) is 90.1 Å². The molecule has 2 aromatic carbocycles. The normalized spacial score (nSPS) is 12.0. The van der Waals surface area contributed by atoms with Gasteiger partial charge >= 0.3 is 0 Å². The molecule has 1 aromatic heterocycles. The van der Waals surface area contributed by atoms with Crippen LogP contribution in [0.15, 0.2) is 60.7 Å². The number of hydrogen-bond donors (Lipinski definition) is 1. The van der Waals surface area contributed by atoms with Crippen LogP contribution in [-0.4, -0.2) is 23.1 Å². The van der Waals surface area contributed by atoms with E-state index in [1.165, 1.54) is 0 Å². The van der Waals surface area contributed by atoms with Crippen molar-refractivity contribution in [1.29, 1.82) is 0 Å². The van der Waals surface area contributed by atoms with Gasteiger partial charge in [0.05, 0.1) is 35.3 Å². The monoisotopic (exact) mass is 448 g/mol. The molecular formula is C27H32N2O4. The number of anilines is 1. The first kappa shape index (κ1) is 24.3. The Hall–Kier alpha value is -3.38. The molecule has 33 heavy (non-hydrogen) atoms. The smallest absolute Gasteiger partial charge is 0.257 e. The summed E-state index contributed by atoms with van der Waals surface area (Å²) in [7, 11) is 0. The van der Waals surface area contributed by atoms with Crippen molar-refractivity contribution < 1.29 is 19.0 Å². The first-order chi connectivity index (χ1) is 15.7. The van der Waals surface area contributed by atoms with E-state index >= 15 is 0 Å². The van der Waals surface area contributed by atoms with Gasteiger partial charge in [-0.2, -0.15) is 0 Å². The molecule has 1 amide bonds. The van der Waals surface area contributed by atoms with Gasteiger partial charge in [0, 0.05) is 17.8 Å². The minimum absolute atomic E-state index is 0.0803. The first-order valence-corrected chi connectivity index (χ1v) is 11.2. The Morgan fingerprint density at radius 1 is 0.848 bits per heavy atom. The third kappa shape index (κ3) is 7.05. The molecule has 3 aromatic rings. The Bertz CT molecular complexity index is 1090. The van der Waals surface area contributed by atoms with Gasteiger partial charge in [0.1, 0.15) is 17.2 Å². The standard InChI is InChI=1S/C27H32N2O4/c1-17(2)31-20(6)26-14-13-25(19(5)28-26)27(30)29-21-9-7-10-22(15-21)33-24-12-8-11-23(16-24)32-18(3)4/h7-18,20H,1-6H3,(H,29,30). The number of nitrogens with one attached hydrogen (secondary N) is 1. The minimum Gasteiger partial charge on any atom is -0.491 e. The molecule has 174 valence electrons. The lowest BCUT2D eigenvalue weighted by Crippen LogP contribution is -2.16. The molecule has 1 atom stereocenters. The summed E-state index contributed by atoms with van der Waals surface area (Å²) in [5.74, 6) is 1.78. The molecule has 0 aliphatic carbocycles. The largest absolute Gasteiger partial charge is 0.491 e. The van der Waals surface area contributed by atoms with Crippen molar-refractivity contribution in [2.45, 2.75) is 59.9 Å². The van der Waals surface area contributed by atoms with Crippen LogP contribution in [-0.2, 0) is 4.74 Å². The van der Waals surface area contributed by atoms with Gasteiger partial charge in [-0.3, -0.25) is 9.78 Å². The Morgan fingerprint density at radius 3 is 2.18 bits per heavy atom. The van der Waals surface area contributed by atoms with Crippen LogP contribution in [0.3, 0.4) is 0 Å². The van der Waals surface area contributed by atoms with Crippen LogP contribution < -0.4 is 14.8 Å². The summed E-state index contributed by atoms with van der Waals surface area (Å²) >= 11 is 0. The highest BCUT2D eigenvalue weighted by atomic mass is 16.5. The van der Waals surface area contributed by atoms with Crippen molar-refractivity contribution >= 4 is 11.6 Å². The zero-order valence-electron chi connectivity index (χ0n) is 20.1. The van der Waals surface area contributed by atoms with E-state index in [0.717, 1.165) is 11.4 Å². The molecule has 0 saturated carbocycles. The molecule has 6 heteroatoms. The predicted molar refractivity (Wildman–Crippen MR) is 130 cm³/mol. The average Bonchev–Trinajstić information content (AvgIpc) is 2.73. The molecule has 1 unspecified atom stereocenters. The fraction of sp³-hybridized carbons (Fsp3) is 0.333. The predicted octanol–water partition coefficient (Wildman–Crippen LogP) is 6.71. The van der Waals surface area contributed by atoms with Gasteiger partial charge in [-0.25, -0.2) is 0 Å². The quantitative estimate of drug-likeness (QED) is 0.394. The Kier molecular flexibility index (Phi) is 8.06. The molecule has 0 aliphatic heterocycles. The van der Waals surface area contributed by atoms with Crippen molar-refractivity contribution in [2.75, 3.05) is 5.32 Å². The number of hydrogen-bond acceptors (Lipinski definition) is 5. The van der Waals surface area contributed by atoms with Gasteiger partial charge < -0.3 is 19.5 Å². The van der Waals surface area contributed by atoms with E-state index in [0.29, 0.717) is 28.4 Å². The number of benzene rings is 2. The highest BCUT2D eigenvalue weighted by Crippen LogP contribution is 2.28. The maximum atomic E-state index is 12.9. The third-order valence-corrected chi connectivity index (χ3v) is 4.75. The lowest BCUT2D eigenvalue weighted by molar-refractivity contribution is 0.0154. The number of aryl methyl sites for hydroxylation is 1. The van der Waals surface area contributed by atoms with Gasteiger partial charge in [0.25, 0.3) is 5.91 Å². The number of pyridine rings is 1. The van der Waals surface area contributed by atoms with Crippen LogP contribution in [0.2, 0.25) is 0 Å². The van der Waals surface area contributed by atoms with E-state index in [4.69, 9.17) is 14.2 Å². The lowest BCUT2D eigenvalue weighted by Gasteiger charge is -2.17. The van der Waals surface area contributed by atoms with Gasteiger partial charge in [0.15, 0.2) is 0 Å². The Labute approximate surface area is 195 Å². The number of rotatable bonds is 9. The summed E-state index contributed by atoms with van der Waals surface area (Å²) in [6.45, 7) is 11.7. The van der Waals surface area contributed by atoms with E-state index in [9.17, 15) is 4.79 Å². The zero-order chi connectivity index (χ0) is 24.0. The summed E-state index contributed by atoms with van der Waals surface area (Å²) in [5.41, 5.74) is 2.60. The molecule has 0 fully saturated rings. The molecular weight excluding hydrogens is 416 g/mol. The van der Waals surface area contributed by atoms with Crippen LogP contribution in [0, 0.1) is 6.92 Å². The van der Waals surface area contributed by atoms with Crippen LogP contribution >= 0.6 is 0 Å². The molecule has 0 saturated heterocycles. The second-order valence-electron chi connectivity index (χ2n) is 8.42. The van der Waals surface area contributed by atoms with Gasteiger partial charge in [-0.15, -0.1) is 0 Å². The molecule has 1 heterocycles. The summed E-state index contributed by atoms with van der Waals surface area (Å²) in [5, 5.41) is 2.93. The zero-order valence-corrected chi connectivity index (χ0v) is 20.1. The van der Waals surface area contributed by atoms with Crippen molar-refractivity contribution in [1.82, 2.24) is 4.98 Å². The molecule has 0 radical (unpaired) electrons. The maximum absolute atomic E-state index is 12.9. The number of carbonyl (C=O) groups is 1. The second kappa shape index (κ2) is 11.0. The van der Waals surface area contributed by atoms with Crippen molar-refractivity contribution in [3.8, 4) is 17.2 Å². The van der Waals surface area contributed by atoms with Gasteiger partial charge in [-0.05, 0) is 77.9 Å². The number of aromatic nitrogens is 1. The molecule has 6 nitrogen and oxygen atoms in total. The SMILES string of the molecule is Cc1nc(C(C)OC(C)C)ccc1C(=O)Nc1cccc(Oc2cccc(OC(C)C)c2)c1. The van der Waals surface area contributed by atoms with Crippen LogP contribution in [0.5, 0.6) is 17.2 Å². The van der Waals surface area contributed by atoms with Crippen molar-refractivity contribution in [2.24, 2.45) is 0 Å². The van der Waals surface area contributed by atoms with Crippen LogP contribution in [0.25, 0.3) is 0 Å². The summed E-state index contributed by atoms with van der Waals surface area (Å²) < 4.78 is 17.5. The lowest BCUT2D eigenvalue weighted by atomic mass is 10.1. The topological polar surface area (TPSA) is 69.7 Å². The van der Waals surface area contributed by atoms with Gasteiger partial charge in [-0.1, -0.05) is 12.1 Å². The Morgan fingerprint density at radius 2 is 1.52 bits per heavy atom. The Balaban J connectivity index is 1.69. The maximum Gasteiger partial charge on any atom is 0.257 e. The van der Waals surface area contributed by atoms with Crippen LogP contribution in [0.4, 0.5) is 5.69 Å². The minimum atomic E-state index is -0.228. The number of ether oxygens (including phenoxy) is 3. The summed E-state index contributed by atoms with van der Waals surface area (Å²) in [6, 6.07) is 18.4. The van der Waals surface area contributed by atoms with Crippen molar-refractivity contribution in [3.63, 3.8) is 0 Å². The molecule has 0 aliphatic rings. The summed E-state index contributed by atoms with van der Waals surface area (Å²) in [4.78, 5) is 17.4. The third-order valence-electron chi connectivity index (χ3n) is 4.75. The number of carbonyl (C=O) groups excluding carboxylic acids is 1. The highest BCUT2D eigenvalue weighted by molar-refractivity contribution is 6.05. The van der Waals surface area contributed by atoms with E-state index in [-0.39, 0.29) is 24.2 Å². The van der Waals surface area contributed by atoms with Gasteiger partial charge in [0.2, 0.25) is 0 Å². The molecule has 0 bridgehead atoms. The highest BCUT2D eigenvalue weighted by Gasteiger charge is 2.15. The van der Waals surface area contributed by atoms with Crippen LogP contribution in [0.1, 0.15) is 62.5 Å². The first-order valence-electron chi connectivity index (χ1n) is 11.2. The van der Waals surface area contributed by atoms with E-state index in [1.54, 1.807) is 12.1 Å². The molecule has 3 rings (SSSR count). The number of nitrogens with zero attached hydrogens (tertiary/aromatic N) is 1. The number of amides is 1. The van der Waals surface area contributed by atoms with E-state index < -0.39 is 0 Å². The summed E-state index contributed by atoms with van der Waals surface area (Å²) in [6.07, 6.45) is 0.0422. The fourth-order valence-electron chi connectivity index (χ4n) is 3.38. The van der Waals surface area contributed by atoms with E-state index in [2.05, 4.69) is 10.3 Å². The second-order valence-corrected chi connectivity index (χ2v) is 8.42. The fourth-order valence-corrected chi connectivity index (χ4v) is 3.38. The average molecular weight is 449 g/mol. The molecule has 1 N–H and O–H groups in total. The molecule has 0 spiro atoms. The van der Waals surface area contributed by atoms with Crippen molar-refractivity contribution in [3.05, 3.63) is 77.6 Å².